The second-order valence-corrected chi connectivity index (χ2v) is 7.10. The van der Waals surface area contributed by atoms with Crippen LogP contribution in [0.5, 0.6) is 0 Å². The summed E-state index contributed by atoms with van der Waals surface area (Å²) in [6.45, 7) is 3.11. The van der Waals surface area contributed by atoms with E-state index in [2.05, 4.69) is 32.7 Å². The van der Waals surface area contributed by atoms with E-state index in [-0.39, 0.29) is 5.91 Å². The SMILES string of the molecule is CN=C(NCCc1ccccn1)NCC1CC(=O)N(CCc2ccccc2)C1. The first-order valence-electron chi connectivity index (χ1n) is 9.90. The van der Waals surface area contributed by atoms with Crippen LogP contribution in [-0.4, -0.2) is 55.0 Å². The number of rotatable bonds is 8. The zero-order valence-electron chi connectivity index (χ0n) is 16.5. The Morgan fingerprint density at radius 3 is 2.71 bits per heavy atom. The molecule has 1 unspecified atom stereocenters. The molecule has 0 bridgehead atoms. The van der Waals surface area contributed by atoms with Gasteiger partial charge in [-0.2, -0.15) is 0 Å². The van der Waals surface area contributed by atoms with Crippen molar-refractivity contribution in [1.29, 1.82) is 0 Å². The van der Waals surface area contributed by atoms with Crippen molar-refractivity contribution < 1.29 is 4.79 Å². The summed E-state index contributed by atoms with van der Waals surface area (Å²) in [5.74, 6) is 1.34. The maximum Gasteiger partial charge on any atom is 0.223 e. The van der Waals surface area contributed by atoms with Crippen LogP contribution in [0.3, 0.4) is 0 Å². The van der Waals surface area contributed by atoms with Gasteiger partial charge in [-0.3, -0.25) is 14.8 Å². The summed E-state index contributed by atoms with van der Waals surface area (Å²) in [5, 5.41) is 6.66. The molecule has 1 atom stereocenters. The van der Waals surface area contributed by atoms with Crippen molar-refractivity contribution in [1.82, 2.24) is 20.5 Å². The number of aromatic nitrogens is 1. The smallest absolute Gasteiger partial charge is 0.223 e. The number of amides is 1. The van der Waals surface area contributed by atoms with Crippen molar-refractivity contribution in [2.45, 2.75) is 19.3 Å². The zero-order chi connectivity index (χ0) is 19.6. The highest BCUT2D eigenvalue weighted by molar-refractivity contribution is 5.80. The predicted molar refractivity (Wildman–Crippen MR) is 112 cm³/mol. The lowest BCUT2D eigenvalue weighted by molar-refractivity contribution is -0.127. The number of carbonyl (C=O) groups excluding carboxylic acids is 1. The van der Waals surface area contributed by atoms with Crippen molar-refractivity contribution in [3.8, 4) is 0 Å². The number of benzene rings is 1. The Bertz CT molecular complexity index is 763. The molecule has 1 saturated heterocycles. The lowest BCUT2D eigenvalue weighted by atomic mass is 10.1. The molecule has 2 aromatic rings. The van der Waals surface area contributed by atoms with E-state index in [1.165, 1.54) is 5.56 Å². The molecule has 0 radical (unpaired) electrons. The minimum absolute atomic E-state index is 0.251. The third-order valence-electron chi connectivity index (χ3n) is 4.99. The van der Waals surface area contributed by atoms with Crippen LogP contribution >= 0.6 is 0 Å². The number of aliphatic imine (C=N–C) groups is 1. The number of guanidine groups is 1. The fourth-order valence-corrected chi connectivity index (χ4v) is 3.43. The van der Waals surface area contributed by atoms with Gasteiger partial charge in [0.2, 0.25) is 5.91 Å². The van der Waals surface area contributed by atoms with Crippen LogP contribution in [-0.2, 0) is 17.6 Å². The van der Waals surface area contributed by atoms with Gasteiger partial charge in [-0.1, -0.05) is 36.4 Å². The molecule has 0 saturated carbocycles. The summed E-state index contributed by atoms with van der Waals surface area (Å²) < 4.78 is 0. The molecule has 3 rings (SSSR count). The molecule has 6 heteroatoms. The number of nitrogens with one attached hydrogen (secondary N) is 2. The van der Waals surface area contributed by atoms with E-state index in [4.69, 9.17) is 0 Å². The number of likely N-dealkylation sites (tertiary alicyclic amines) is 1. The van der Waals surface area contributed by atoms with E-state index < -0.39 is 0 Å². The lowest BCUT2D eigenvalue weighted by Crippen LogP contribution is -2.41. The Balaban J connectivity index is 1.37. The molecular weight excluding hydrogens is 350 g/mol. The molecule has 1 aromatic carbocycles. The summed E-state index contributed by atoms with van der Waals surface area (Å²) in [6.07, 6.45) is 4.16. The first kappa shape index (κ1) is 19.9. The summed E-state index contributed by atoms with van der Waals surface area (Å²) >= 11 is 0. The third-order valence-corrected chi connectivity index (χ3v) is 4.99. The maximum absolute atomic E-state index is 12.3. The van der Waals surface area contributed by atoms with E-state index >= 15 is 0 Å². The minimum atomic E-state index is 0.251. The van der Waals surface area contributed by atoms with Crippen LogP contribution < -0.4 is 10.6 Å². The van der Waals surface area contributed by atoms with Gasteiger partial charge in [-0.05, 0) is 24.1 Å². The van der Waals surface area contributed by atoms with Gasteiger partial charge in [0.15, 0.2) is 5.96 Å². The topological polar surface area (TPSA) is 69.6 Å². The number of pyridine rings is 1. The molecule has 2 N–H and O–H groups in total. The second kappa shape index (κ2) is 10.4. The molecule has 2 heterocycles. The Morgan fingerprint density at radius 2 is 1.96 bits per heavy atom. The first-order valence-corrected chi connectivity index (χ1v) is 9.90. The number of hydrogen-bond acceptors (Lipinski definition) is 3. The van der Waals surface area contributed by atoms with Crippen molar-refractivity contribution in [2.24, 2.45) is 10.9 Å². The summed E-state index contributed by atoms with van der Waals surface area (Å²) in [5.41, 5.74) is 2.33. The highest BCUT2D eigenvalue weighted by Crippen LogP contribution is 2.17. The fraction of sp³-hybridized carbons (Fsp3) is 0.409. The molecular formula is C22H29N5O. The largest absolute Gasteiger partial charge is 0.356 e. The van der Waals surface area contributed by atoms with Gasteiger partial charge < -0.3 is 15.5 Å². The highest BCUT2D eigenvalue weighted by atomic mass is 16.2. The molecule has 0 aliphatic carbocycles. The Hall–Kier alpha value is -2.89. The fourth-order valence-electron chi connectivity index (χ4n) is 3.43. The standard InChI is InChI=1S/C22H29N5O/c1-23-22(25-13-10-20-9-5-6-12-24-20)26-16-19-15-21(28)27(17-19)14-11-18-7-3-2-4-8-18/h2-9,12,19H,10-11,13-17H2,1H3,(H2,23,25,26). The molecule has 1 amide bonds. The van der Waals surface area contributed by atoms with E-state index in [1.54, 1.807) is 7.05 Å². The van der Waals surface area contributed by atoms with Gasteiger partial charge in [-0.25, -0.2) is 0 Å². The van der Waals surface area contributed by atoms with Gasteiger partial charge >= 0.3 is 0 Å². The molecule has 1 aliphatic heterocycles. The van der Waals surface area contributed by atoms with Crippen molar-refractivity contribution >= 4 is 11.9 Å². The van der Waals surface area contributed by atoms with Crippen molar-refractivity contribution in [3.63, 3.8) is 0 Å². The Kier molecular flexibility index (Phi) is 7.41. The van der Waals surface area contributed by atoms with Crippen LogP contribution in [0.25, 0.3) is 0 Å². The summed E-state index contributed by atoms with van der Waals surface area (Å²) in [6, 6.07) is 16.3. The van der Waals surface area contributed by atoms with Crippen LogP contribution in [0.1, 0.15) is 17.7 Å². The Labute approximate surface area is 167 Å². The average Bonchev–Trinajstić information content (AvgIpc) is 3.10. The number of hydrogen-bond donors (Lipinski definition) is 2. The van der Waals surface area contributed by atoms with Gasteiger partial charge in [0.1, 0.15) is 0 Å². The van der Waals surface area contributed by atoms with Crippen LogP contribution in [0.15, 0.2) is 59.7 Å². The van der Waals surface area contributed by atoms with Gasteiger partial charge in [0.05, 0.1) is 0 Å². The average molecular weight is 380 g/mol. The molecule has 1 aromatic heterocycles. The van der Waals surface area contributed by atoms with Crippen LogP contribution in [0, 0.1) is 5.92 Å². The zero-order valence-corrected chi connectivity index (χ0v) is 16.5. The van der Waals surface area contributed by atoms with Crippen molar-refractivity contribution in [3.05, 3.63) is 66.0 Å². The normalized spacial score (nSPS) is 17.0. The van der Waals surface area contributed by atoms with E-state index in [9.17, 15) is 4.79 Å². The van der Waals surface area contributed by atoms with E-state index in [0.29, 0.717) is 12.3 Å². The molecule has 148 valence electrons. The summed E-state index contributed by atoms with van der Waals surface area (Å²) in [4.78, 5) is 22.9. The highest BCUT2D eigenvalue weighted by Gasteiger charge is 2.29. The first-order chi connectivity index (χ1) is 13.7. The molecule has 28 heavy (non-hydrogen) atoms. The van der Waals surface area contributed by atoms with Gasteiger partial charge in [-0.15, -0.1) is 0 Å². The minimum Gasteiger partial charge on any atom is -0.356 e. The van der Waals surface area contributed by atoms with Crippen LogP contribution in [0.2, 0.25) is 0 Å². The van der Waals surface area contributed by atoms with Gasteiger partial charge in [0, 0.05) is 63.9 Å². The third kappa shape index (κ3) is 6.08. The monoisotopic (exact) mass is 379 g/mol. The molecule has 1 aliphatic rings. The quantitative estimate of drug-likeness (QED) is 0.543. The van der Waals surface area contributed by atoms with E-state index in [0.717, 1.165) is 50.7 Å². The lowest BCUT2D eigenvalue weighted by Gasteiger charge is -2.18. The Morgan fingerprint density at radius 1 is 1.14 bits per heavy atom. The molecule has 0 spiro atoms. The number of carbonyl (C=O) groups is 1. The second-order valence-electron chi connectivity index (χ2n) is 7.10. The molecule has 6 nitrogen and oxygen atoms in total. The van der Waals surface area contributed by atoms with E-state index in [1.807, 2.05) is 47.5 Å². The van der Waals surface area contributed by atoms with Crippen LogP contribution in [0.4, 0.5) is 0 Å². The van der Waals surface area contributed by atoms with Gasteiger partial charge in [0.25, 0.3) is 0 Å². The predicted octanol–water partition coefficient (Wildman–Crippen LogP) is 1.88. The number of nitrogens with zero attached hydrogens (tertiary/aromatic N) is 3. The summed E-state index contributed by atoms with van der Waals surface area (Å²) in [7, 11) is 1.77. The molecule has 1 fully saturated rings. The van der Waals surface area contributed by atoms with Crippen molar-refractivity contribution in [2.75, 3.05) is 33.2 Å². The maximum atomic E-state index is 12.3.